The summed E-state index contributed by atoms with van der Waals surface area (Å²) in [5.41, 5.74) is 0.540. The Morgan fingerprint density at radius 1 is 1.30 bits per heavy atom. The fraction of sp³-hybridized carbons (Fsp3) is 0. The van der Waals surface area contributed by atoms with E-state index in [1.54, 1.807) is 6.08 Å². The Bertz CT molecular complexity index is 277. The lowest BCUT2D eigenvalue weighted by atomic mass is 10.2. The molecule has 1 aliphatic rings. The Hall–Kier alpha value is -0.940. The number of hydrogen-bond acceptors (Lipinski definition) is 2. The highest BCUT2D eigenvalue weighted by Gasteiger charge is 2.01. The maximum Gasteiger partial charge on any atom is 0.107 e. The Labute approximate surface area is 68.8 Å². The second-order valence-electron chi connectivity index (χ2n) is 1.55. The van der Waals surface area contributed by atoms with E-state index >= 15 is 0 Å². The van der Waals surface area contributed by atoms with Gasteiger partial charge in [-0.1, -0.05) is 26.8 Å². The number of rotatable bonds is 0. The van der Waals surface area contributed by atoms with E-state index in [4.69, 9.17) is 10.5 Å². The molecular formula is C7H3IN2. The molecule has 3 heteroatoms. The lowest BCUT2D eigenvalue weighted by Gasteiger charge is -1.93. The first-order valence-electron chi connectivity index (χ1n) is 2.56. The maximum atomic E-state index is 8.51. The van der Waals surface area contributed by atoms with Crippen LogP contribution in [0, 0.1) is 22.7 Å². The van der Waals surface area contributed by atoms with Gasteiger partial charge in [-0.15, -0.1) is 0 Å². The minimum Gasteiger partial charge on any atom is -0.192 e. The van der Waals surface area contributed by atoms with Crippen molar-refractivity contribution in [2.45, 2.75) is 0 Å². The van der Waals surface area contributed by atoms with Gasteiger partial charge >= 0.3 is 0 Å². The van der Waals surface area contributed by atoms with Crippen molar-refractivity contribution in [3.8, 4) is 12.1 Å². The van der Waals surface area contributed by atoms with E-state index in [9.17, 15) is 0 Å². The molecule has 0 bridgehead atoms. The summed E-state index contributed by atoms with van der Waals surface area (Å²) in [6.45, 7) is 0. The van der Waals surface area contributed by atoms with Crippen LogP contribution >= 0.6 is 20.7 Å². The lowest BCUT2D eigenvalue weighted by Crippen LogP contribution is -1.80. The lowest BCUT2D eigenvalue weighted by molar-refractivity contribution is 1.48. The van der Waals surface area contributed by atoms with Crippen LogP contribution in [0.1, 0.15) is 0 Å². The highest BCUT2D eigenvalue weighted by Crippen LogP contribution is 2.21. The summed E-state index contributed by atoms with van der Waals surface area (Å²) in [6.07, 6.45) is 3.52. The monoisotopic (exact) mass is 242 g/mol. The molecule has 0 aromatic carbocycles. The topological polar surface area (TPSA) is 47.6 Å². The Balaban J connectivity index is 3.17. The minimum atomic E-state index is -0.314. The van der Waals surface area contributed by atoms with Gasteiger partial charge in [-0.05, 0) is 10.1 Å². The first-order valence-corrected chi connectivity index (χ1v) is 4.88. The van der Waals surface area contributed by atoms with Crippen molar-refractivity contribution in [1.82, 2.24) is 0 Å². The van der Waals surface area contributed by atoms with Crippen LogP contribution in [0.5, 0.6) is 0 Å². The van der Waals surface area contributed by atoms with E-state index in [2.05, 4.69) is 0 Å². The summed E-state index contributed by atoms with van der Waals surface area (Å²) in [5.74, 6) is 0. The zero-order chi connectivity index (χ0) is 7.40. The van der Waals surface area contributed by atoms with Gasteiger partial charge in [0.15, 0.2) is 0 Å². The number of nitrogens with zero attached hydrogens (tertiary/aromatic N) is 2. The molecule has 0 aliphatic carbocycles. The largest absolute Gasteiger partial charge is 0.192 e. The summed E-state index contributed by atoms with van der Waals surface area (Å²) < 4.78 is 2.64. The molecule has 0 saturated heterocycles. The van der Waals surface area contributed by atoms with Crippen LogP contribution in [-0.2, 0) is 0 Å². The summed E-state index contributed by atoms with van der Waals surface area (Å²) in [5, 5.41) is 17.0. The second-order valence-corrected chi connectivity index (χ2v) is 3.97. The third kappa shape index (κ3) is 1.31. The number of allylic oxidation sites excluding steroid dienone is 4. The van der Waals surface area contributed by atoms with Gasteiger partial charge < -0.3 is 0 Å². The molecule has 48 valence electrons. The molecule has 10 heavy (non-hydrogen) atoms. The van der Waals surface area contributed by atoms with Gasteiger partial charge in [0.2, 0.25) is 0 Å². The van der Waals surface area contributed by atoms with Gasteiger partial charge in [0.25, 0.3) is 0 Å². The molecule has 0 atom stereocenters. The van der Waals surface area contributed by atoms with Crippen molar-refractivity contribution in [2.24, 2.45) is 0 Å². The minimum absolute atomic E-state index is 0.314. The van der Waals surface area contributed by atoms with Crippen molar-refractivity contribution in [3.63, 3.8) is 0 Å². The number of halogens is 1. The quantitative estimate of drug-likeness (QED) is 0.606. The molecule has 0 aromatic heterocycles. The van der Waals surface area contributed by atoms with Crippen LogP contribution in [-0.4, -0.2) is 4.01 Å². The van der Waals surface area contributed by atoms with Crippen LogP contribution < -0.4 is 0 Å². The van der Waals surface area contributed by atoms with E-state index in [-0.39, 0.29) is 20.7 Å². The van der Waals surface area contributed by atoms with Gasteiger partial charge in [-0.2, -0.15) is 10.5 Å². The number of hydrogen-bond donors (Lipinski definition) is 0. The molecule has 0 spiro atoms. The van der Waals surface area contributed by atoms with Crippen LogP contribution in [0.25, 0.3) is 0 Å². The van der Waals surface area contributed by atoms with Gasteiger partial charge in [0.1, 0.15) is 15.7 Å². The highest BCUT2D eigenvalue weighted by atomic mass is 127. The van der Waals surface area contributed by atoms with Crippen LogP contribution in [0.3, 0.4) is 0 Å². The first-order chi connectivity index (χ1) is 4.88. The molecule has 2 nitrogen and oxygen atoms in total. The SMILES string of the molecule is N#CC1=C(C#N)I=CC=C1. The summed E-state index contributed by atoms with van der Waals surface area (Å²) in [6, 6.07) is 4.01. The predicted octanol–water partition coefficient (Wildman–Crippen LogP) is 1.63. The van der Waals surface area contributed by atoms with Gasteiger partial charge in [0.05, 0.1) is 5.57 Å². The zero-order valence-electron chi connectivity index (χ0n) is 5.00. The summed E-state index contributed by atoms with van der Waals surface area (Å²) >= 11 is -0.314. The Morgan fingerprint density at radius 3 is 2.60 bits per heavy atom. The van der Waals surface area contributed by atoms with Gasteiger partial charge in [-0.25, -0.2) is 0 Å². The molecular weight excluding hydrogens is 239 g/mol. The highest BCUT2D eigenvalue weighted by molar-refractivity contribution is 14.2. The van der Waals surface area contributed by atoms with E-state index in [0.717, 1.165) is 0 Å². The Morgan fingerprint density at radius 2 is 2.10 bits per heavy atom. The van der Waals surface area contributed by atoms with Gasteiger partial charge in [-0.3, -0.25) is 0 Å². The van der Waals surface area contributed by atoms with Crippen LogP contribution in [0.2, 0.25) is 0 Å². The molecule has 0 aromatic rings. The average molecular weight is 242 g/mol. The fourth-order valence-electron chi connectivity index (χ4n) is 0.535. The molecule has 0 N–H and O–H groups in total. The van der Waals surface area contributed by atoms with E-state index in [0.29, 0.717) is 9.15 Å². The molecule has 0 saturated carbocycles. The van der Waals surface area contributed by atoms with Crippen LogP contribution in [0.15, 0.2) is 21.3 Å². The predicted molar refractivity (Wildman–Crippen MR) is 47.5 cm³/mol. The molecule has 1 heterocycles. The van der Waals surface area contributed by atoms with E-state index in [1.165, 1.54) is 0 Å². The molecule has 0 amide bonds. The number of nitriles is 2. The van der Waals surface area contributed by atoms with Crippen LogP contribution in [0.4, 0.5) is 0 Å². The molecule has 1 aliphatic heterocycles. The fourth-order valence-corrected chi connectivity index (χ4v) is 2.08. The van der Waals surface area contributed by atoms with Gasteiger partial charge in [0, 0.05) is 0 Å². The third-order valence-electron chi connectivity index (χ3n) is 0.963. The molecule has 0 radical (unpaired) electrons. The smallest absolute Gasteiger partial charge is 0.107 e. The molecule has 0 fully saturated rings. The zero-order valence-corrected chi connectivity index (χ0v) is 7.16. The summed E-state index contributed by atoms with van der Waals surface area (Å²) in [7, 11) is 0. The second kappa shape index (κ2) is 3.28. The third-order valence-corrected chi connectivity index (χ3v) is 3.18. The van der Waals surface area contributed by atoms with Crippen molar-refractivity contribution >= 4 is 24.7 Å². The van der Waals surface area contributed by atoms with E-state index < -0.39 is 0 Å². The van der Waals surface area contributed by atoms with E-state index in [1.807, 2.05) is 22.2 Å². The first kappa shape index (κ1) is 7.17. The maximum absolute atomic E-state index is 8.51. The standard InChI is InChI=1S/C7H3IN2/c9-4-6-2-1-3-8-7(6)5-10/h1-3H. The molecule has 1 rings (SSSR count). The van der Waals surface area contributed by atoms with Crippen molar-refractivity contribution in [3.05, 3.63) is 21.3 Å². The normalized spacial score (nSPS) is 15.4. The molecule has 0 unspecified atom stereocenters. The Kier molecular flexibility index (Phi) is 2.35. The summed E-state index contributed by atoms with van der Waals surface area (Å²) in [4.78, 5) is 0. The van der Waals surface area contributed by atoms with Crippen molar-refractivity contribution in [2.75, 3.05) is 0 Å². The van der Waals surface area contributed by atoms with Crippen molar-refractivity contribution < 1.29 is 0 Å². The van der Waals surface area contributed by atoms with Crippen molar-refractivity contribution in [1.29, 1.82) is 10.5 Å². The average Bonchev–Trinajstić information content (AvgIpc) is 2.04.